The Balaban J connectivity index is 0.000000193. The maximum atomic E-state index is 6.15. The van der Waals surface area contributed by atoms with Crippen LogP contribution in [0.4, 0.5) is 0 Å². The average Bonchev–Trinajstić information content (AvgIpc) is 3.38. The van der Waals surface area contributed by atoms with E-state index in [2.05, 4.69) is 134 Å². The second-order valence-electron chi connectivity index (χ2n) is 13.4. The first kappa shape index (κ1) is 34.7. The predicted octanol–water partition coefficient (Wildman–Crippen LogP) is 9.65. The number of pyridine rings is 2. The maximum absolute atomic E-state index is 6.15. The minimum absolute atomic E-state index is 0. The molecule has 7 rings (SSSR count). The number of furan rings is 1. The van der Waals surface area contributed by atoms with Gasteiger partial charge in [-0.15, -0.1) is 34.9 Å². The molecular formula is C43H42IrN2OSi-2. The smallest absolute Gasteiger partial charge is 0.134 e. The molecule has 0 fully saturated rings. The van der Waals surface area contributed by atoms with Gasteiger partial charge in [0.1, 0.15) is 5.58 Å². The summed E-state index contributed by atoms with van der Waals surface area (Å²) in [6.07, 6.45) is 4.15. The van der Waals surface area contributed by atoms with Crippen LogP contribution in [0.1, 0.15) is 22.3 Å². The molecule has 0 bridgehead atoms. The number of aromatic nitrogens is 2. The number of aryl methyl sites for hydroxylation is 2. The summed E-state index contributed by atoms with van der Waals surface area (Å²) in [5.41, 5.74) is 13.0. The van der Waals surface area contributed by atoms with Gasteiger partial charge in [-0.25, -0.2) is 0 Å². The molecule has 0 N–H and O–H groups in total. The molecule has 0 saturated heterocycles. The number of benzene rings is 4. The summed E-state index contributed by atoms with van der Waals surface area (Å²) < 4.78 is 10.0. The molecule has 0 amide bonds. The van der Waals surface area contributed by atoms with Crippen LogP contribution in [0.3, 0.4) is 0 Å². The molecule has 7 aromatic rings. The van der Waals surface area contributed by atoms with Crippen molar-refractivity contribution in [2.75, 3.05) is 0 Å². The third kappa shape index (κ3) is 6.95. The summed E-state index contributed by atoms with van der Waals surface area (Å²) >= 11 is 0. The normalized spacial score (nSPS) is 11.2. The van der Waals surface area contributed by atoms with E-state index in [9.17, 15) is 0 Å². The third-order valence-electron chi connectivity index (χ3n) is 8.74. The van der Waals surface area contributed by atoms with Crippen molar-refractivity contribution in [1.82, 2.24) is 0 Å². The fourth-order valence-electron chi connectivity index (χ4n) is 6.32. The van der Waals surface area contributed by atoms with Gasteiger partial charge in [-0.1, -0.05) is 104 Å². The van der Waals surface area contributed by atoms with Crippen molar-refractivity contribution in [2.45, 2.75) is 33.5 Å². The van der Waals surface area contributed by atoms with Crippen molar-refractivity contribution < 1.29 is 33.7 Å². The van der Waals surface area contributed by atoms with E-state index in [-0.39, 0.29) is 20.1 Å². The van der Waals surface area contributed by atoms with Crippen LogP contribution in [0.15, 0.2) is 120 Å². The summed E-state index contributed by atoms with van der Waals surface area (Å²) in [6, 6.07) is 35.6. The Hall–Kier alpha value is -4.67. The van der Waals surface area contributed by atoms with Crippen LogP contribution in [0.2, 0.25) is 19.6 Å². The molecule has 4 aromatic carbocycles. The van der Waals surface area contributed by atoms with Crippen LogP contribution in [0, 0.1) is 41.8 Å². The molecule has 0 aliphatic heterocycles. The van der Waals surface area contributed by atoms with E-state index in [4.69, 9.17) is 4.42 Å². The summed E-state index contributed by atoms with van der Waals surface area (Å²) in [7, 11) is 6.93. The molecule has 3 heterocycles. The van der Waals surface area contributed by atoms with E-state index in [0.29, 0.717) is 0 Å². The van der Waals surface area contributed by atoms with Crippen molar-refractivity contribution in [3.63, 3.8) is 0 Å². The molecule has 1 radical (unpaired) electrons. The Morgan fingerprint density at radius 2 is 1.29 bits per heavy atom. The number of rotatable bonds is 4. The van der Waals surface area contributed by atoms with Gasteiger partial charge in [-0.2, -0.15) is 31.0 Å². The molecular weight excluding hydrogens is 781 g/mol. The zero-order chi connectivity index (χ0) is 33.5. The SMILES string of the molecule is [CH2-]c1cc(C)ccc1-c1cc(C)c([Si](C)(C)C)c[n+]1[CH2-].[CH2-]c1cc2oc3cc(-c4ccccc4)ccc3c2cc1-c1cccc[n+]1[CH2-].[Ir]. The number of hydrogen-bond donors (Lipinski definition) is 0. The fourth-order valence-corrected chi connectivity index (χ4v) is 8.12. The fraction of sp³-hybridized carbons (Fsp3) is 0.116. The van der Waals surface area contributed by atoms with Crippen LogP contribution in [-0.2, 0) is 20.1 Å². The Bertz CT molecular complexity index is 2250. The van der Waals surface area contributed by atoms with E-state index in [1.54, 1.807) is 0 Å². The second kappa shape index (κ2) is 13.8. The number of hydrogen-bond acceptors (Lipinski definition) is 1. The van der Waals surface area contributed by atoms with Crippen LogP contribution >= 0.6 is 0 Å². The average molecular weight is 823 g/mol. The standard InChI is InChI=1S/C25H18NO.C18H24NSi.Ir/c1-17-14-24-22(16-21(17)23-10-6-7-13-26(23)2)20-12-11-19(15-25(20)27-24)18-8-4-3-5-9-18;1-13-8-9-16(14(2)10-13)17-11-15(3)18(12-19(17)4)20(5,6)7;/h3-16H,1-2H2;8-12H,2,4H2,1,3,5-7H3;/q2*-1;. The zero-order valence-corrected chi connectivity index (χ0v) is 31.8. The van der Waals surface area contributed by atoms with Crippen LogP contribution in [0.25, 0.3) is 55.6 Å². The Morgan fingerprint density at radius 1 is 0.604 bits per heavy atom. The van der Waals surface area contributed by atoms with Crippen molar-refractivity contribution in [3.8, 4) is 33.6 Å². The van der Waals surface area contributed by atoms with Gasteiger partial charge < -0.3 is 13.6 Å². The summed E-state index contributed by atoms with van der Waals surface area (Å²) in [5, 5.41) is 3.67. The zero-order valence-electron chi connectivity index (χ0n) is 28.4. The quantitative estimate of drug-likeness (QED) is 0.0985. The number of fused-ring (bicyclic) bond motifs is 3. The van der Waals surface area contributed by atoms with Crippen LogP contribution in [0.5, 0.6) is 0 Å². The minimum atomic E-state index is -1.33. The van der Waals surface area contributed by atoms with E-state index < -0.39 is 8.07 Å². The topological polar surface area (TPSA) is 20.9 Å². The summed E-state index contributed by atoms with van der Waals surface area (Å²) in [5.74, 6) is 0. The third-order valence-corrected chi connectivity index (χ3v) is 10.9. The van der Waals surface area contributed by atoms with Gasteiger partial charge >= 0.3 is 0 Å². The van der Waals surface area contributed by atoms with Crippen molar-refractivity contribution in [3.05, 3.63) is 166 Å². The first-order valence-electron chi connectivity index (χ1n) is 15.9. The Kier molecular flexibility index (Phi) is 9.98. The maximum Gasteiger partial charge on any atom is 0.134 e. The summed E-state index contributed by atoms with van der Waals surface area (Å²) in [6.45, 7) is 19.8. The summed E-state index contributed by atoms with van der Waals surface area (Å²) in [4.78, 5) is 0. The molecule has 0 aliphatic carbocycles. The van der Waals surface area contributed by atoms with Crippen molar-refractivity contribution in [1.29, 1.82) is 0 Å². The second-order valence-corrected chi connectivity index (χ2v) is 18.4. The van der Waals surface area contributed by atoms with E-state index in [1.807, 2.05) is 51.7 Å². The molecule has 3 nitrogen and oxygen atoms in total. The van der Waals surface area contributed by atoms with Gasteiger partial charge in [-0.3, -0.25) is 0 Å². The van der Waals surface area contributed by atoms with Gasteiger partial charge in [0.2, 0.25) is 0 Å². The van der Waals surface area contributed by atoms with Crippen LogP contribution in [-0.4, -0.2) is 8.07 Å². The van der Waals surface area contributed by atoms with Gasteiger partial charge in [-0.05, 0) is 30.2 Å². The van der Waals surface area contributed by atoms with Crippen LogP contribution < -0.4 is 14.3 Å². The molecule has 48 heavy (non-hydrogen) atoms. The van der Waals surface area contributed by atoms with Crippen molar-refractivity contribution >= 4 is 35.2 Å². The van der Waals surface area contributed by atoms with Gasteiger partial charge in [0.05, 0.1) is 37.4 Å². The molecule has 0 unspecified atom stereocenters. The molecule has 0 spiro atoms. The van der Waals surface area contributed by atoms with E-state index >= 15 is 0 Å². The van der Waals surface area contributed by atoms with Gasteiger partial charge in [0.15, 0.2) is 0 Å². The molecule has 0 saturated carbocycles. The Morgan fingerprint density at radius 3 is 1.98 bits per heavy atom. The molecule has 3 aromatic heterocycles. The van der Waals surface area contributed by atoms with E-state index in [0.717, 1.165) is 61.1 Å². The molecule has 245 valence electrons. The molecule has 0 aliphatic rings. The molecule has 0 atom stereocenters. The van der Waals surface area contributed by atoms with Gasteiger partial charge in [0.25, 0.3) is 0 Å². The Labute approximate surface area is 300 Å². The monoisotopic (exact) mass is 823 g/mol. The van der Waals surface area contributed by atoms with E-state index in [1.165, 1.54) is 21.9 Å². The predicted molar refractivity (Wildman–Crippen MR) is 200 cm³/mol. The van der Waals surface area contributed by atoms with Gasteiger partial charge in [0, 0.05) is 45.0 Å². The molecule has 5 heteroatoms. The first-order chi connectivity index (χ1) is 22.4. The first-order valence-corrected chi connectivity index (χ1v) is 19.4. The van der Waals surface area contributed by atoms with Crippen molar-refractivity contribution in [2.24, 2.45) is 0 Å². The minimum Gasteiger partial charge on any atom is -0.469 e. The largest absolute Gasteiger partial charge is 0.469 e. The number of nitrogens with zero attached hydrogens (tertiary/aromatic N) is 2.